The van der Waals surface area contributed by atoms with Crippen molar-refractivity contribution in [2.24, 2.45) is 7.05 Å². The number of rotatable bonds is 4. The fourth-order valence-corrected chi connectivity index (χ4v) is 5.25. The molecular formula is C28H26ClN3O3. The number of amides is 2. The second kappa shape index (κ2) is 8.78. The maximum absolute atomic E-state index is 14.0. The number of fused-ring (bicyclic) bond motifs is 2. The molecule has 1 N–H and O–H groups in total. The van der Waals surface area contributed by atoms with Gasteiger partial charge in [0.2, 0.25) is 5.91 Å². The molecule has 1 aliphatic rings. The lowest BCUT2D eigenvalue weighted by Gasteiger charge is -2.39. The van der Waals surface area contributed by atoms with Crippen LogP contribution < -0.4 is 10.1 Å². The van der Waals surface area contributed by atoms with Crippen molar-refractivity contribution in [1.82, 2.24) is 9.47 Å². The minimum absolute atomic E-state index is 0.109. The average molecular weight is 488 g/mol. The zero-order chi connectivity index (χ0) is 24.9. The number of para-hydroxylation sites is 1. The quantitative estimate of drug-likeness (QED) is 0.401. The molecule has 0 bridgehead atoms. The number of carbonyl (C=O) groups is 2. The summed E-state index contributed by atoms with van der Waals surface area (Å²) >= 11 is 6.27. The van der Waals surface area contributed by atoms with Gasteiger partial charge >= 0.3 is 0 Å². The van der Waals surface area contributed by atoms with Crippen LogP contribution in [0.2, 0.25) is 5.02 Å². The lowest BCUT2D eigenvalue weighted by atomic mass is 9.79. The largest absolute Gasteiger partial charge is 0.495 e. The third kappa shape index (κ3) is 3.74. The highest BCUT2D eigenvalue weighted by Gasteiger charge is 2.43. The van der Waals surface area contributed by atoms with Gasteiger partial charge in [-0.2, -0.15) is 0 Å². The molecule has 6 nitrogen and oxygen atoms in total. The zero-order valence-electron chi connectivity index (χ0n) is 20.0. The van der Waals surface area contributed by atoms with Crippen molar-refractivity contribution in [1.29, 1.82) is 0 Å². The van der Waals surface area contributed by atoms with Crippen molar-refractivity contribution >= 4 is 40.0 Å². The molecule has 2 atom stereocenters. The Morgan fingerprint density at radius 1 is 1.03 bits per heavy atom. The van der Waals surface area contributed by atoms with Gasteiger partial charge in [0.15, 0.2) is 0 Å². The number of hydrogen-bond acceptors (Lipinski definition) is 3. The number of aromatic nitrogens is 1. The first-order valence-electron chi connectivity index (χ1n) is 11.4. The molecule has 1 aromatic heterocycles. The van der Waals surface area contributed by atoms with E-state index in [0.29, 0.717) is 27.6 Å². The predicted octanol–water partition coefficient (Wildman–Crippen LogP) is 5.70. The summed E-state index contributed by atoms with van der Waals surface area (Å²) in [7, 11) is 5.27. The number of methoxy groups -OCH3 is 1. The summed E-state index contributed by atoms with van der Waals surface area (Å²) < 4.78 is 7.51. The van der Waals surface area contributed by atoms with E-state index < -0.39 is 12.0 Å². The summed E-state index contributed by atoms with van der Waals surface area (Å²) in [5, 5.41) is 4.63. The minimum Gasteiger partial charge on any atom is -0.495 e. The number of halogens is 1. The van der Waals surface area contributed by atoms with Gasteiger partial charge in [-0.15, -0.1) is 0 Å². The molecule has 2 amide bonds. The molecule has 1 aliphatic heterocycles. The van der Waals surface area contributed by atoms with Gasteiger partial charge in [0, 0.05) is 53.4 Å². The summed E-state index contributed by atoms with van der Waals surface area (Å²) in [6.07, 6.45) is 2.01. The van der Waals surface area contributed by atoms with Crippen LogP contribution in [0.1, 0.15) is 39.0 Å². The monoisotopic (exact) mass is 487 g/mol. The van der Waals surface area contributed by atoms with Gasteiger partial charge < -0.3 is 19.5 Å². The van der Waals surface area contributed by atoms with Crippen LogP contribution >= 0.6 is 11.6 Å². The van der Waals surface area contributed by atoms with Crippen LogP contribution in [0, 0.1) is 6.92 Å². The second-order valence-electron chi connectivity index (χ2n) is 8.93. The number of anilines is 1. The van der Waals surface area contributed by atoms with E-state index in [1.807, 2.05) is 67.2 Å². The van der Waals surface area contributed by atoms with Crippen molar-refractivity contribution < 1.29 is 14.3 Å². The van der Waals surface area contributed by atoms with Crippen molar-refractivity contribution in [2.45, 2.75) is 18.9 Å². The van der Waals surface area contributed by atoms with Crippen molar-refractivity contribution in [2.75, 3.05) is 19.5 Å². The molecule has 0 unspecified atom stereocenters. The molecule has 4 aromatic rings. The van der Waals surface area contributed by atoms with Crippen molar-refractivity contribution in [3.05, 3.63) is 94.1 Å². The third-order valence-electron chi connectivity index (χ3n) is 6.85. The van der Waals surface area contributed by atoms with Gasteiger partial charge in [0.05, 0.1) is 24.8 Å². The third-order valence-corrected chi connectivity index (χ3v) is 7.25. The van der Waals surface area contributed by atoms with Gasteiger partial charge in [-0.25, -0.2) is 0 Å². The Morgan fingerprint density at radius 2 is 1.74 bits per heavy atom. The fraction of sp³-hybridized carbons (Fsp3) is 0.214. The van der Waals surface area contributed by atoms with Crippen LogP contribution in [0.5, 0.6) is 5.75 Å². The topological polar surface area (TPSA) is 63.6 Å². The molecule has 0 saturated carbocycles. The highest BCUT2D eigenvalue weighted by Crippen LogP contribution is 2.45. The van der Waals surface area contributed by atoms with E-state index in [-0.39, 0.29) is 11.8 Å². The zero-order valence-corrected chi connectivity index (χ0v) is 20.8. The maximum atomic E-state index is 14.0. The minimum atomic E-state index is -0.639. The van der Waals surface area contributed by atoms with E-state index in [4.69, 9.17) is 16.3 Å². The van der Waals surface area contributed by atoms with Gasteiger partial charge in [0.1, 0.15) is 5.75 Å². The van der Waals surface area contributed by atoms with E-state index >= 15 is 0 Å². The smallest absolute Gasteiger partial charge is 0.254 e. The van der Waals surface area contributed by atoms with E-state index in [1.54, 1.807) is 30.1 Å². The number of benzene rings is 3. The van der Waals surface area contributed by atoms with Crippen LogP contribution in [-0.2, 0) is 11.8 Å². The van der Waals surface area contributed by atoms with Gasteiger partial charge in [0.25, 0.3) is 5.91 Å². The van der Waals surface area contributed by atoms with E-state index in [0.717, 1.165) is 22.0 Å². The van der Waals surface area contributed by atoms with Gasteiger partial charge in [-0.3, -0.25) is 9.59 Å². The Balaban J connectivity index is 1.67. The molecule has 0 spiro atoms. The second-order valence-corrected chi connectivity index (χ2v) is 9.34. The Kier molecular flexibility index (Phi) is 5.77. The summed E-state index contributed by atoms with van der Waals surface area (Å²) in [6.45, 7) is 1.87. The number of hydrogen-bond donors (Lipinski definition) is 1. The number of carbonyl (C=O) groups excluding carboxylic acids is 2. The van der Waals surface area contributed by atoms with Crippen LogP contribution in [0.3, 0.4) is 0 Å². The highest BCUT2D eigenvalue weighted by atomic mass is 35.5. The number of nitrogens with one attached hydrogen (secondary N) is 1. The number of aryl methyl sites for hydroxylation is 2. The summed E-state index contributed by atoms with van der Waals surface area (Å²) in [5.41, 5.74) is 4.56. The molecule has 5 rings (SSSR count). The standard InChI is InChI=1S/C28H26ClN3O3/c1-16-13-22(24(35-4)14-21(16)29)30-27(33)25-18-10-5-6-11-19(18)28(34)32(3)26(25)20-15-31(2)23-12-8-7-9-17(20)23/h5-15,25-26H,1-4H3,(H,30,33)/t25-,26+/m0/s1. The Hall–Kier alpha value is -3.77. The van der Waals surface area contributed by atoms with Crippen molar-refractivity contribution in [3.63, 3.8) is 0 Å². The van der Waals surface area contributed by atoms with Crippen LogP contribution in [0.15, 0.2) is 66.9 Å². The van der Waals surface area contributed by atoms with Crippen molar-refractivity contribution in [3.8, 4) is 5.75 Å². The fourth-order valence-electron chi connectivity index (χ4n) is 5.09. The number of likely N-dealkylation sites (N-methyl/N-ethyl adjacent to an activating group) is 1. The lowest BCUT2D eigenvalue weighted by molar-refractivity contribution is -0.119. The molecule has 2 heterocycles. The van der Waals surface area contributed by atoms with Crippen LogP contribution in [0.4, 0.5) is 5.69 Å². The molecule has 0 saturated heterocycles. The number of ether oxygens (including phenoxy) is 1. The molecule has 35 heavy (non-hydrogen) atoms. The first-order chi connectivity index (χ1) is 16.8. The maximum Gasteiger partial charge on any atom is 0.254 e. The molecule has 3 aromatic carbocycles. The molecule has 0 radical (unpaired) electrons. The predicted molar refractivity (Wildman–Crippen MR) is 138 cm³/mol. The molecule has 7 heteroatoms. The van der Waals surface area contributed by atoms with E-state index in [2.05, 4.69) is 5.32 Å². The summed E-state index contributed by atoms with van der Waals surface area (Å²) in [4.78, 5) is 29.1. The first-order valence-corrected chi connectivity index (χ1v) is 11.7. The summed E-state index contributed by atoms with van der Waals surface area (Å²) in [6, 6.07) is 18.4. The van der Waals surface area contributed by atoms with E-state index in [1.165, 1.54) is 7.11 Å². The van der Waals surface area contributed by atoms with Gasteiger partial charge in [-0.05, 0) is 36.2 Å². The summed E-state index contributed by atoms with van der Waals surface area (Å²) in [5.74, 6) is -0.498. The molecular weight excluding hydrogens is 462 g/mol. The van der Waals surface area contributed by atoms with Crippen LogP contribution in [0.25, 0.3) is 10.9 Å². The van der Waals surface area contributed by atoms with E-state index in [9.17, 15) is 9.59 Å². The Bertz CT molecular complexity index is 1480. The molecule has 178 valence electrons. The first kappa shape index (κ1) is 23.0. The highest BCUT2D eigenvalue weighted by molar-refractivity contribution is 6.31. The Morgan fingerprint density at radius 3 is 2.51 bits per heavy atom. The average Bonchev–Trinajstić information content (AvgIpc) is 3.19. The molecule has 0 aliphatic carbocycles. The Labute approximate surface area is 209 Å². The molecule has 0 fully saturated rings. The van der Waals surface area contributed by atoms with Crippen LogP contribution in [-0.4, -0.2) is 35.4 Å². The van der Waals surface area contributed by atoms with Gasteiger partial charge in [-0.1, -0.05) is 48.0 Å². The normalized spacial score (nSPS) is 17.4. The lowest BCUT2D eigenvalue weighted by Crippen LogP contribution is -2.44. The SMILES string of the molecule is COc1cc(Cl)c(C)cc1NC(=O)[C@H]1c2ccccc2C(=O)N(C)[C@@H]1c1cn(C)c2ccccc12. The number of nitrogens with zero attached hydrogens (tertiary/aromatic N) is 2.